The number of aromatic hydroxyl groups is 1. The predicted molar refractivity (Wildman–Crippen MR) is 76.0 cm³/mol. The van der Waals surface area contributed by atoms with Crippen LogP contribution in [0, 0.1) is 5.92 Å². The van der Waals surface area contributed by atoms with E-state index in [0.717, 1.165) is 12.0 Å². The molecule has 3 rings (SSSR count). The van der Waals surface area contributed by atoms with Gasteiger partial charge in [-0.3, -0.25) is 4.79 Å². The second-order valence-corrected chi connectivity index (χ2v) is 5.01. The summed E-state index contributed by atoms with van der Waals surface area (Å²) in [5.74, 6) is 0.798. The predicted octanol–water partition coefficient (Wildman–Crippen LogP) is 3.73. The van der Waals surface area contributed by atoms with Crippen molar-refractivity contribution in [1.82, 2.24) is 0 Å². The summed E-state index contributed by atoms with van der Waals surface area (Å²) in [4.78, 5) is 12.6. The van der Waals surface area contributed by atoms with Crippen molar-refractivity contribution >= 4 is 5.78 Å². The van der Waals surface area contributed by atoms with Gasteiger partial charge in [0.25, 0.3) is 0 Å². The zero-order chi connectivity index (χ0) is 14.1. The normalized spacial score (nSPS) is 21.1. The second-order valence-electron chi connectivity index (χ2n) is 5.01. The minimum absolute atomic E-state index is 0.132. The van der Waals surface area contributed by atoms with E-state index in [1.807, 2.05) is 43.3 Å². The third-order valence-corrected chi connectivity index (χ3v) is 3.77. The van der Waals surface area contributed by atoms with Gasteiger partial charge in [-0.15, -0.1) is 0 Å². The van der Waals surface area contributed by atoms with Gasteiger partial charge in [0.05, 0.1) is 11.5 Å². The van der Waals surface area contributed by atoms with E-state index >= 15 is 0 Å². The van der Waals surface area contributed by atoms with Crippen LogP contribution in [0.5, 0.6) is 11.5 Å². The van der Waals surface area contributed by atoms with Crippen LogP contribution in [-0.2, 0) is 0 Å². The van der Waals surface area contributed by atoms with Crippen molar-refractivity contribution in [3.05, 3.63) is 59.7 Å². The molecule has 0 aromatic heterocycles. The molecule has 3 heteroatoms. The van der Waals surface area contributed by atoms with Crippen molar-refractivity contribution in [2.45, 2.75) is 19.4 Å². The fraction of sp³-hybridized carbons (Fsp3) is 0.235. The van der Waals surface area contributed by atoms with E-state index in [1.54, 1.807) is 12.1 Å². The second kappa shape index (κ2) is 5.00. The van der Waals surface area contributed by atoms with E-state index in [0.29, 0.717) is 11.3 Å². The number of hydrogen-bond acceptors (Lipinski definition) is 3. The monoisotopic (exact) mass is 268 g/mol. The SMILES string of the molecule is CCC1C(=O)c2ccccc2OC1c1ccc(O)cc1. The Morgan fingerprint density at radius 3 is 2.50 bits per heavy atom. The van der Waals surface area contributed by atoms with Gasteiger partial charge in [-0.1, -0.05) is 31.2 Å². The van der Waals surface area contributed by atoms with E-state index < -0.39 is 0 Å². The maximum absolute atomic E-state index is 12.6. The Balaban J connectivity index is 2.03. The highest BCUT2D eigenvalue weighted by Crippen LogP contribution is 2.40. The number of phenols is 1. The van der Waals surface area contributed by atoms with Crippen LogP contribution >= 0.6 is 0 Å². The lowest BCUT2D eigenvalue weighted by Gasteiger charge is -2.32. The molecule has 0 saturated heterocycles. The molecule has 0 saturated carbocycles. The van der Waals surface area contributed by atoms with Crippen molar-refractivity contribution < 1.29 is 14.6 Å². The van der Waals surface area contributed by atoms with Crippen LogP contribution < -0.4 is 4.74 Å². The van der Waals surface area contributed by atoms with Gasteiger partial charge >= 0.3 is 0 Å². The lowest BCUT2D eigenvalue weighted by molar-refractivity contribution is 0.0648. The summed E-state index contributed by atoms with van der Waals surface area (Å²) in [5, 5.41) is 9.38. The number of Topliss-reactive ketones (excluding diaryl/α,β-unsaturated/α-hetero) is 1. The van der Waals surface area contributed by atoms with E-state index in [2.05, 4.69) is 0 Å². The van der Waals surface area contributed by atoms with Gasteiger partial charge in [-0.25, -0.2) is 0 Å². The fourth-order valence-corrected chi connectivity index (χ4v) is 2.69. The number of para-hydroxylation sites is 1. The summed E-state index contributed by atoms with van der Waals surface area (Å²) in [6, 6.07) is 14.2. The zero-order valence-electron chi connectivity index (χ0n) is 11.2. The van der Waals surface area contributed by atoms with Gasteiger partial charge < -0.3 is 9.84 Å². The first-order valence-electron chi connectivity index (χ1n) is 6.79. The number of phenolic OH excluding ortho intramolecular Hbond substituents is 1. The fourth-order valence-electron chi connectivity index (χ4n) is 2.69. The third-order valence-electron chi connectivity index (χ3n) is 3.77. The highest BCUT2D eigenvalue weighted by molar-refractivity contribution is 6.01. The molecule has 0 bridgehead atoms. The Morgan fingerprint density at radius 1 is 1.10 bits per heavy atom. The molecular formula is C17H16O3. The van der Waals surface area contributed by atoms with E-state index in [4.69, 9.17) is 4.74 Å². The van der Waals surface area contributed by atoms with Crippen LogP contribution in [0.1, 0.15) is 35.4 Å². The summed E-state index contributed by atoms with van der Waals surface area (Å²) in [5.41, 5.74) is 1.58. The van der Waals surface area contributed by atoms with Gasteiger partial charge in [-0.05, 0) is 36.2 Å². The highest BCUT2D eigenvalue weighted by atomic mass is 16.5. The molecule has 1 heterocycles. The van der Waals surface area contributed by atoms with Crippen molar-refractivity contribution in [3.8, 4) is 11.5 Å². The molecule has 0 fully saturated rings. The van der Waals surface area contributed by atoms with E-state index in [9.17, 15) is 9.90 Å². The molecule has 2 atom stereocenters. The van der Waals surface area contributed by atoms with E-state index in [1.165, 1.54) is 0 Å². The lowest BCUT2D eigenvalue weighted by Crippen LogP contribution is -2.31. The summed E-state index contributed by atoms with van der Waals surface area (Å²) in [7, 11) is 0. The number of hydrogen-bond donors (Lipinski definition) is 1. The molecular weight excluding hydrogens is 252 g/mol. The van der Waals surface area contributed by atoms with Crippen molar-refractivity contribution in [2.75, 3.05) is 0 Å². The number of ketones is 1. The van der Waals surface area contributed by atoms with Crippen LogP contribution in [0.15, 0.2) is 48.5 Å². The first-order chi connectivity index (χ1) is 9.70. The lowest BCUT2D eigenvalue weighted by atomic mass is 9.84. The largest absolute Gasteiger partial charge is 0.508 e. The van der Waals surface area contributed by atoms with Gasteiger partial charge in [-0.2, -0.15) is 0 Å². The van der Waals surface area contributed by atoms with Gasteiger partial charge in [0.15, 0.2) is 5.78 Å². The summed E-state index contributed by atoms with van der Waals surface area (Å²) in [6.45, 7) is 1.99. The highest BCUT2D eigenvalue weighted by Gasteiger charge is 2.36. The minimum Gasteiger partial charge on any atom is -0.508 e. The number of carbonyl (C=O) groups excluding carboxylic acids is 1. The molecule has 3 nitrogen and oxygen atoms in total. The summed E-state index contributed by atoms with van der Waals surface area (Å²) < 4.78 is 6.03. The first kappa shape index (κ1) is 12.7. The first-order valence-corrected chi connectivity index (χ1v) is 6.79. The molecule has 20 heavy (non-hydrogen) atoms. The number of ether oxygens (including phenoxy) is 1. The molecule has 0 radical (unpaired) electrons. The molecule has 102 valence electrons. The average molecular weight is 268 g/mol. The standard InChI is InChI=1S/C17H16O3/c1-2-13-16(19)14-5-3-4-6-15(14)20-17(13)11-7-9-12(18)10-8-11/h3-10,13,17-18H,2H2,1H3. The quantitative estimate of drug-likeness (QED) is 0.902. The summed E-state index contributed by atoms with van der Waals surface area (Å²) in [6.07, 6.45) is 0.432. The Hall–Kier alpha value is -2.29. The molecule has 1 N–H and O–H groups in total. The van der Waals surface area contributed by atoms with Gasteiger partial charge in [0.1, 0.15) is 17.6 Å². The molecule has 2 aromatic rings. The van der Waals surface area contributed by atoms with E-state index in [-0.39, 0.29) is 23.6 Å². The average Bonchev–Trinajstić information content (AvgIpc) is 2.48. The van der Waals surface area contributed by atoms with Crippen LogP contribution in [0.4, 0.5) is 0 Å². The minimum atomic E-state index is -0.289. The van der Waals surface area contributed by atoms with Crippen LogP contribution in [-0.4, -0.2) is 10.9 Å². The van der Waals surface area contributed by atoms with Gasteiger partial charge in [0, 0.05) is 0 Å². The molecule has 0 spiro atoms. The molecule has 2 unspecified atom stereocenters. The molecule has 0 amide bonds. The number of fused-ring (bicyclic) bond motifs is 1. The van der Waals surface area contributed by atoms with Crippen LogP contribution in [0.2, 0.25) is 0 Å². The van der Waals surface area contributed by atoms with Crippen molar-refractivity contribution in [3.63, 3.8) is 0 Å². The number of carbonyl (C=O) groups is 1. The Kier molecular flexibility index (Phi) is 3.18. The maximum atomic E-state index is 12.6. The Bertz CT molecular complexity index is 631. The number of rotatable bonds is 2. The van der Waals surface area contributed by atoms with Crippen molar-refractivity contribution in [1.29, 1.82) is 0 Å². The van der Waals surface area contributed by atoms with Crippen LogP contribution in [0.3, 0.4) is 0 Å². The smallest absolute Gasteiger partial charge is 0.173 e. The molecule has 1 aliphatic rings. The molecule has 2 aromatic carbocycles. The van der Waals surface area contributed by atoms with Crippen LogP contribution in [0.25, 0.3) is 0 Å². The number of benzene rings is 2. The third kappa shape index (κ3) is 2.05. The van der Waals surface area contributed by atoms with Gasteiger partial charge in [0.2, 0.25) is 0 Å². The van der Waals surface area contributed by atoms with Crippen molar-refractivity contribution in [2.24, 2.45) is 5.92 Å². The zero-order valence-corrected chi connectivity index (χ0v) is 11.2. The molecule has 1 aliphatic heterocycles. The maximum Gasteiger partial charge on any atom is 0.173 e. The Labute approximate surface area is 117 Å². The Morgan fingerprint density at radius 2 is 1.80 bits per heavy atom. The topological polar surface area (TPSA) is 46.5 Å². The summed E-state index contributed by atoms with van der Waals surface area (Å²) >= 11 is 0. The molecule has 0 aliphatic carbocycles.